The molecule has 1 rings (SSSR count). The standard InChI is InChI=1S/C23H42/c1-4-5-6-7-8-9-10-11-12-13-14-15-16-17-18-23-20-19-21(2)22(23)3/h19-20,23H,4-18H2,1-3H3. The van der Waals surface area contributed by atoms with Gasteiger partial charge >= 0.3 is 0 Å². The third-order valence-electron chi connectivity index (χ3n) is 5.63. The Bertz CT molecular complexity index is 334. The molecule has 0 heteroatoms. The van der Waals surface area contributed by atoms with Crippen molar-refractivity contribution in [2.75, 3.05) is 0 Å². The molecule has 0 saturated carbocycles. The van der Waals surface area contributed by atoms with E-state index < -0.39 is 0 Å². The van der Waals surface area contributed by atoms with Gasteiger partial charge in [0.2, 0.25) is 0 Å². The fourth-order valence-corrected chi connectivity index (χ4v) is 3.70. The van der Waals surface area contributed by atoms with Crippen molar-refractivity contribution < 1.29 is 0 Å². The average molecular weight is 319 g/mol. The van der Waals surface area contributed by atoms with Crippen molar-refractivity contribution in [2.45, 2.75) is 117 Å². The Hall–Kier alpha value is -0.520. The van der Waals surface area contributed by atoms with Crippen molar-refractivity contribution >= 4 is 0 Å². The molecule has 23 heavy (non-hydrogen) atoms. The van der Waals surface area contributed by atoms with E-state index in [2.05, 4.69) is 32.9 Å². The molecule has 134 valence electrons. The van der Waals surface area contributed by atoms with Gasteiger partial charge in [-0.05, 0) is 26.2 Å². The molecule has 0 saturated heterocycles. The lowest BCUT2D eigenvalue weighted by Gasteiger charge is -2.10. The van der Waals surface area contributed by atoms with Crippen LogP contribution in [0.4, 0.5) is 0 Å². The average Bonchev–Trinajstić information content (AvgIpc) is 2.87. The molecule has 0 aromatic heterocycles. The van der Waals surface area contributed by atoms with Crippen molar-refractivity contribution in [1.82, 2.24) is 0 Å². The lowest BCUT2D eigenvalue weighted by atomic mass is 9.95. The Kier molecular flexibility index (Phi) is 12.4. The van der Waals surface area contributed by atoms with Crippen LogP contribution in [0.5, 0.6) is 0 Å². The number of hydrogen-bond donors (Lipinski definition) is 0. The van der Waals surface area contributed by atoms with Crippen LogP contribution in [0, 0.1) is 5.92 Å². The minimum absolute atomic E-state index is 0.757. The van der Waals surface area contributed by atoms with E-state index in [1.807, 2.05) is 0 Å². The van der Waals surface area contributed by atoms with Crippen molar-refractivity contribution in [3.05, 3.63) is 23.3 Å². The lowest BCUT2D eigenvalue weighted by molar-refractivity contribution is 0.523. The molecule has 1 unspecified atom stereocenters. The molecular formula is C23H42. The van der Waals surface area contributed by atoms with E-state index in [4.69, 9.17) is 0 Å². The summed E-state index contributed by atoms with van der Waals surface area (Å²) >= 11 is 0. The first kappa shape index (κ1) is 20.5. The van der Waals surface area contributed by atoms with E-state index in [0.717, 1.165) is 5.92 Å². The zero-order valence-corrected chi connectivity index (χ0v) is 16.3. The van der Waals surface area contributed by atoms with Gasteiger partial charge in [0.1, 0.15) is 0 Å². The minimum Gasteiger partial charge on any atom is -0.0771 e. The van der Waals surface area contributed by atoms with E-state index in [0.29, 0.717) is 0 Å². The fraction of sp³-hybridized carbons (Fsp3) is 0.826. The van der Waals surface area contributed by atoms with Crippen LogP contribution in [0.2, 0.25) is 0 Å². The predicted molar refractivity (Wildman–Crippen MR) is 106 cm³/mol. The first-order valence-electron chi connectivity index (χ1n) is 10.6. The van der Waals surface area contributed by atoms with Gasteiger partial charge in [-0.1, -0.05) is 120 Å². The predicted octanol–water partition coefficient (Wildman–Crippen LogP) is 8.38. The molecule has 0 radical (unpaired) electrons. The molecule has 1 atom stereocenters. The lowest BCUT2D eigenvalue weighted by Crippen LogP contribution is -1.95. The van der Waals surface area contributed by atoms with Crippen LogP contribution in [0.25, 0.3) is 0 Å². The zero-order valence-electron chi connectivity index (χ0n) is 16.3. The first-order chi connectivity index (χ1) is 11.3. The van der Waals surface area contributed by atoms with Gasteiger partial charge in [-0.2, -0.15) is 0 Å². The Morgan fingerprint density at radius 2 is 1.09 bits per heavy atom. The molecule has 1 aliphatic carbocycles. The van der Waals surface area contributed by atoms with Gasteiger partial charge in [-0.3, -0.25) is 0 Å². The highest BCUT2D eigenvalue weighted by Crippen LogP contribution is 2.29. The summed E-state index contributed by atoms with van der Waals surface area (Å²) in [4.78, 5) is 0. The van der Waals surface area contributed by atoms with Gasteiger partial charge in [0.15, 0.2) is 0 Å². The van der Waals surface area contributed by atoms with Crippen molar-refractivity contribution in [1.29, 1.82) is 0 Å². The molecule has 0 spiro atoms. The fourth-order valence-electron chi connectivity index (χ4n) is 3.70. The molecule has 0 amide bonds. The Balaban J connectivity index is 1.76. The Labute approximate surface area is 146 Å². The summed E-state index contributed by atoms with van der Waals surface area (Å²) in [5.74, 6) is 0.757. The van der Waals surface area contributed by atoms with E-state index in [1.54, 1.807) is 5.57 Å². The molecule has 0 N–H and O–H groups in total. The van der Waals surface area contributed by atoms with E-state index >= 15 is 0 Å². The third-order valence-corrected chi connectivity index (χ3v) is 5.63. The normalized spacial score (nSPS) is 17.4. The molecule has 0 nitrogen and oxygen atoms in total. The van der Waals surface area contributed by atoms with Gasteiger partial charge < -0.3 is 0 Å². The van der Waals surface area contributed by atoms with Crippen LogP contribution in [0.3, 0.4) is 0 Å². The quantitative estimate of drug-likeness (QED) is 0.266. The molecule has 0 fully saturated rings. The smallest absolute Gasteiger partial charge is 0.00171 e. The minimum atomic E-state index is 0.757. The molecule has 0 heterocycles. The van der Waals surface area contributed by atoms with E-state index in [1.165, 1.54) is 102 Å². The number of rotatable bonds is 15. The van der Waals surface area contributed by atoms with Crippen LogP contribution >= 0.6 is 0 Å². The Morgan fingerprint density at radius 1 is 0.652 bits per heavy atom. The van der Waals surface area contributed by atoms with E-state index in [-0.39, 0.29) is 0 Å². The van der Waals surface area contributed by atoms with Crippen LogP contribution in [0.1, 0.15) is 117 Å². The number of hydrogen-bond acceptors (Lipinski definition) is 0. The van der Waals surface area contributed by atoms with Gasteiger partial charge in [0.25, 0.3) is 0 Å². The Morgan fingerprint density at radius 3 is 1.48 bits per heavy atom. The van der Waals surface area contributed by atoms with Crippen molar-refractivity contribution in [3.8, 4) is 0 Å². The molecule has 0 aliphatic heterocycles. The summed E-state index contributed by atoms with van der Waals surface area (Å²) in [6.07, 6.45) is 26.4. The first-order valence-corrected chi connectivity index (χ1v) is 10.6. The van der Waals surface area contributed by atoms with Crippen molar-refractivity contribution in [2.24, 2.45) is 5.92 Å². The zero-order chi connectivity index (χ0) is 16.8. The van der Waals surface area contributed by atoms with Gasteiger partial charge in [0.05, 0.1) is 0 Å². The highest BCUT2D eigenvalue weighted by molar-refractivity contribution is 5.33. The maximum absolute atomic E-state index is 2.41. The number of unbranched alkanes of at least 4 members (excludes halogenated alkanes) is 13. The van der Waals surface area contributed by atoms with Crippen LogP contribution in [-0.2, 0) is 0 Å². The molecule has 0 aromatic rings. The second kappa shape index (κ2) is 13.9. The second-order valence-electron chi connectivity index (χ2n) is 7.72. The maximum atomic E-state index is 2.41. The van der Waals surface area contributed by atoms with Crippen LogP contribution in [-0.4, -0.2) is 0 Å². The summed E-state index contributed by atoms with van der Waals surface area (Å²) in [7, 11) is 0. The summed E-state index contributed by atoms with van der Waals surface area (Å²) < 4.78 is 0. The summed E-state index contributed by atoms with van der Waals surface area (Å²) in [6.45, 7) is 6.85. The summed E-state index contributed by atoms with van der Waals surface area (Å²) in [5.41, 5.74) is 3.11. The van der Waals surface area contributed by atoms with Gasteiger partial charge in [-0.15, -0.1) is 0 Å². The third kappa shape index (κ3) is 10.0. The second-order valence-corrected chi connectivity index (χ2v) is 7.72. The molecule has 1 aliphatic rings. The maximum Gasteiger partial charge on any atom is -0.00171 e. The largest absolute Gasteiger partial charge is 0.0771 e. The topological polar surface area (TPSA) is 0 Å². The molecule has 0 aromatic carbocycles. The highest BCUT2D eigenvalue weighted by atomic mass is 14.2. The van der Waals surface area contributed by atoms with Crippen LogP contribution in [0.15, 0.2) is 23.3 Å². The monoisotopic (exact) mass is 318 g/mol. The van der Waals surface area contributed by atoms with Gasteiger partial charge in [-0.25, -0.2) is 0 Å². The van der Waals surface area contributed by atoms with Gasteiger partial charge in [0, 0.05) is 0 Å². The van der Waals surface area contributed by atoms with Crippen LogP contribution < -0.4 is 0 Å². The highest BCUT2D eigenvalue weighted by Gasteiger charge is 2.13. The number of allylic oxidation sites excluding steroid dienone is 4. The van der Waals surface area contributed by atoms with Crippen molar-refractivity contribution in [3.63, 3.8) is 0 Å². The summed E-state index contributed by atoms with van der Waals surface area (Å²) in [5, 5.41) is 0. The van der Waals surface area contributed by atoms with E-state index in [9.17, 15) is 0 Å². The summed E-state index contributed by atoms with van der Waals surface area (Å²) in [6, 6.07) is 0. The molecule has 0 bridgehead atoms. The SMILES string of the molecule is CCCCCCCCCCCCCCCCC1C=CC(C)=C1C. The molecular weight excluding hydrogens is 276 g/mol.